The lowest BCUT2D eigenvalue weighted by Crippen LogP contribution is -2.18. The van der Waals surface area contributed by atoms with Crippen LogP contribution in [0.1, 0.15) is 97.3 Å². The number of aliphatic carboxylic acids is 1. The second-order valence-electron chi connectivity index (χ2n) is 9.02. The van der Waals surface area contributed by atoms with Crippen molar-refractivity contribution in [2.45, 2.75) is 103 Å². The average Bonchev–Trinajstić information content (AvgIpc) is 3.25. The van der Waals surface area contributed by atoms with Gasteiger partial charge in [-0.2, -0.15) is 0 Å². The summed E-state index contributed by atoms with van der Waals surface area (Å²) in [6.45, 7) is 5.30. The highest BCUT2D eigenvalue weighted by molar-refractivity contribution is 5.68. The second-order valence-corrected chi connectivity index (χ2v) is 9.02. The predicted octanol–water partition coefficient (Wildman–Crippen LogP) is 5.18. The quantitative estimate of drug-likeness (QED) is 0.374. The van der Waals surface area contributed by atoms with Gasteiger partial charge in [-0.15, -0.1) is 0 Å². The maximum Gasteiger partial charge on any atom is 0.303 e. The fraction of sp³-hybridized carbons (Fsp3) is 0.952. The summed E-state index contributed by atoms with van der Waals surface area (Å²) in [7, 11) is 1.76. The van der Waals surface area contributed by atoms with Gasteiger partial charge in [0.15, 0.2) is 0 Å². The number of carboxylic acids is 1. The number of methoxy groups -OCH3 is 1. The van der Waals surface area contributed by atoms with Crippen molar-refractivity contribution in [1.29, 1.82) is 0 Å². The summed E-state index contributed by atoms with van der Waals surface area (Å²) in [6.07, 6.45) is 13.1. The summed E-state index contributed by atoms with van der Waals surface area (Å²) in [6, 6.07) is 0. The molecule has 1 aliphatic carbocycles. The third-order valence-corrected chi connectivity index (χ3v) is 5.65. The Bertz CT molecular complexity index is 374. The molecule has 25 heavy (non-hydrogen) atoms. The molecule has 0 aromatic rings. The van der Waals surface area contributed by atoms with E-state index in [1.165, 1.54) is 19.3 Å². The Kier molecular flexibility index (Phi) is 10.0. The van der Waals surface area contributed by atoms with Crippen LogP contribution in [-0.2, 0) is 9.53 Å². The van der Waals surface area contributed by atoms with Crippen LogP contribution in [0, 0.1) is 10.8 Å². The van der Waals surface area contributed by atoms with E-state index in [1.54, 1.807) is 7.11 Å². The largest absolute Gasteiger partial charge is 0.481 e. The van der Waals surface area contributed by atoms with Crippen molar-refractivity contribution in [2.24, 2.45) is 10.8 Å². The summed E-state index contributed by atoms with van der Waals surface area (Å²) < 4.78 is 5.24. The molecule has 0 aromatic carbocycles. The van der Waals surface area contributed by atoms with Crippen LogP contribution >= 0.6 is 0 Å². The van der Waals surface area contributed by atoms with Crippen LogP contribution < -0.4 is 0 Å². The van der Waals surface area contributed by atoms with Gasteiger partial charge in [0.05, 0.1) is 19.1 Å². The van der Waals surface area contributed by atoms with Gasteiger partial charge in [0, 0.05) is 7.11 Å². The van der Waals surface area contributed by atoms with Crippen LogP contribution in [0.3, 0.4) is 0 Å². The van der Waals surface area contributed by atoms with Crippen molar-refractivity contribution < 1.29 is 19.7 Å². The number of hydrogen-bond donors (Lipinski definition) is 2. The molecule has 0 radical (unpaired) electrons. The van der Waals surface area contributed by atoms with Gasteiger partial charge in [-0.05, 0) is 49.4 Å². The smallest absolute Gasteiger partial charge is 0.303 e. The van der Waals surface area contributed by atoms with Gasteiger partial charge in [-0.25, -0.2) is 0 Å². The maximum absolute atomic E-state index is 10.8. The van der Waals surface area contributed by atoms with Gasteiger partial charge >= 0.3 is 5.97 Å². The van der Waals surface area contributed by atoms with E-state index in [9.17, 15) is 9.90 Å². The first-order chi connectivity index (χ1) is 11.8. The summed E-state index contributed by atoms with van der Waals surface area (Å²) in [5, 5.41) is 19.0. The number of ether oxygens (including phenoxy) is 1. The van der Waals surface area contributed by atoms with Crippen molar-refractivity contribution in [3.05, 3.63) is 0 Å². The van der Waals surface area contributed by atoms with E-state index in [1.807, 2.05) is 0 Å². The molecular weight excluding hydrogens is 316 g/mol. The Morgan fingerprint density at radius 1 is 1.08 bits per heavy atom. The van der Waals surface area contributed by atoms with Crippen molar-refractivity contribution in [3.63, 3.8) is 0 Å². The second kappa shape index (κ2) is 11.2. The number of aliphatic hydroxyl groups is 1. The molecule has 1 aliphatic rings. The molecule has 1 atom stereocenters. The SMILES string of the molecule is COCC(C)(C)CCCCCC(O)CCCCCC1(CC(=O)O)CC1. The topological polar surface area (TPSA) is 66.8 Å². The number of rotatable bonds is 16. The molecule has 4 nitrogen and oxygen atoms in total. The van der Waals surface area contributed by atoms with E-state index in [2.05, 4.69) is 13.8 Å². The van der Waals surface area contributed by atoms with Crippen LogP contribution in [0.5, 0.6) is 0 Å². The van der Waals surface area contributed by atoms with Crippen LogP contribution in [0.25, 0.3) is 0 Å². The molecule has 1 unspecified atom stereocenters. The molecule has 1 saturated carbocycles. The highest BCUT2D eigenvalue weighted by Crippen LogP contribution is 2.52. The fourth-order valence-corrected chi connectivity index (χ4v) is 3.84. The summed E-state index contributed by atoms with van der Waals surface area (Å²) in [5.74, 6) is -0.654. The number of unbranched alkanes of at least 4 members (excludes halogenated alkanes) is 4. The van der Waals surface area contributed by atoms with E-state index in [0.717, 1.165) is 64.4 Å². The third kappa shape index (κ3) is 10.9. The minimum absolute atomic E-state index is 0.126. The molecule has 2 N–H and O–H groups in total. The Hall–Kier alpha value is -0.610. The van der Waals surface area contributed by atoms with Gasteiger partial charge in [0.1, 0.15) is 0 Å². The molecule has 0 aliphatic heterocycles. The van der Waals surface area contributed by atoms with Crippen molar-refractivity contribution in [3.8, 4) is 0 Å². The number of carbonyl (C=O) groups is 1. The lowest BCUT2D eigenvalue weighted by atomic mass is 9.87. The monoisotopic (exact) mass is 356 g/mol. The highest BCUT2D eigenvalue weighted by atomic mass is 16.5. The molecule has 4 heteroatoms. The lowest BCUT2D eigenvalue weighted by Gasteiger charge is -2.23. The van der Waals surface area contributed by atoms with E-state index in [-0.39, 0.29) is 16.9 Å². The lowest BCUT2D eigenvalue weighted by molar-refractivity contribution is -0.138. The Balaban J connectivity index is 1.94. The first kappa shape index (κ1) is 22.4. The first-order valence-electron chi connectivity index (χ1n) is 10.2. The minimum atomic E-state index is -0.654. The molecule has 0 saturated heterocycles. The average molecular weight is 357 g/mol. The number of carboxylic acid groups (broad SMARTS) is 1. The van der Waals surface area contributed by atoms with E-state index >= 15 is 0 Å². The highest BCUT2D eigenvalue weighted by Gasteiger charge is 2.43. The van der Waals surface area contributed by atoms with E-state index in [0.29, 0.717) is 6.42 Å². The molecule has 1 fully saturated rings. The Morgan fingerprint density at radius 3 is 2.20 bits per heavy atom. The van der Waals surface area contributed by atoms with Crippen LogP contribution in [0.2, 0.25) is 0 Å². The van der Waals surface area contributed by atoms with Crippen LogP contribution in [0.4, 0.5) is 0 Å². The summed E-state index contributed by atoms with van der Waals surface area (Å²) >= 11 is 0. The van der Waals surface area contributed by atoms with E-state index in [4.69, 9.17) is 9.84 Å². The molecule has 0 bridgehead atoms. The zero-order valence-electron chi connectivity index (χ0n) is 16.7. The molecule has 0 aromatic heterocycles. The van der Waals surface area contributed by atoms with Crippen LogP contribution in [0.15, 0.2) is 0 Å². The summed E-state index contributed by atoms with van der Waals surface area (Å²) in [5.41, 5.74) is 0.383. The Labute approximate surface area is 154 Å². The fourth-order valence-electron chi connectivity index (χ4n) is 3.84. The Morgan fingerprint density at radius 2 is 1.68 bits per heavy atom. The number of hydrogen-bond acceptors (Lipinski definition) is 3. The molecule has 0 spiro atoms. The van der Waals surface area contributed by atoms with Crippen molar-refractivity contribution >= 4 is 5.97 Å². The molecule has 148 valence electrons. The maximum atomic E-state index is 10.8. The first-order valence-corrected chi connectivity index (χ1v) is 10.2. The molecular formula is C21H40O4. The minimum Gasteiger partial charge on any atom is -0.481 e. The van der Waals surface area contributed by atoms with Gasteiger partial charge in [0.25, 0.3) is 0 Å². The number of aliphatic hydroxyl groups excluding tert-OH is 1. The van der Waals surface area contributed by atoms with E-state index < -0.39 is 5.97 Å². The predicted molar refractivity (Wildman–Crippen MR) is 102 cm³/mol. The molecule has 0 amide bonds. The van der Waals surface area contributed by atoms with Gasteiger partial charge in [0.2, 0.25) is 0 Å². The zero-order valence-corrected chi connectivity index (χ0v) is 16.7. The summed E-state index contributed by atoms with van der Waals surface area (Å²) in [4.78, 5) is 10.8. The van der Waals surface area contributed by atoms with Gasteiger partial charge < -0.3 is 14.9 Å². The third-order valence-electron chi connectivity index (χ3n) is 5.65. The van der Waals surface area contributed by atoms with Gasteiger partial charge in [-0.3, -0.25) is 4.79 Å². The van der Waals surface area contributed by atoms with Crippen LogP contribution in [-0.4, -0.2) is 36.0 Å². The standard InChI is InChI=1S/C21H40O4/c1-20(2,17-25-3)12-8-4-6-10-18(22)11-7-5-9-13-21(14-15-21)16-19(23)24/h18,22H,4-17H2,1-3H3,(H,23,24). The van der Waals surface area contributed by atoms with Gasteiger partial charge in [-0.1, -0.05) is 52.4 Å². The molecule has 1 rings (SSSR count). The molecule has 0 heterocycles. The zero-order chi connectivity index (χ0) is 18.8. The normalized spacial score (nSPS) is 17.4. The van der Waals surface area contributed by atoms with Crippen molar-refractivity contribution in [1.82, 2.24) is 0 Å². The van der Waals surface area contributed by atoms with Crippen molar-refractivity contribution in [2.75, 3.05) is 13.7 Å².